The maximum atomic E-state index is 13.9. The van der Waals surface area contributed by atoms with Crippen molar-refractivity contribution in [2.75, 3.05) is 55.5 Å². The Morgan fingerprint density at radius 2 is 1.26 bits per heavy atom. The van der Waals surface area contributed by atoms with E-state index in [1.165, 1.54) is 18.2 Å². The van der Waals surface area contributed by atoms with Crippen molar-refractivity contribution in [1.29, 1.82) is 0 Å². The molecule has 2 amide bonds. The van der Waals surface area contributed by atoms with Crippen LogP contribution in [0.15, 0.2) is 66.7 Å². The van der Waals surface area contributed by atoms with E-state index >= 15 is 0 Å². The van der Waals surface area contributed by atoms with Crippen LogP contribution >= 0.6 is 9.24 Å². The van der Waals surface area contributed by atoms with Crippen LogP contribution in [0.4, 0.5) is 42.8 Å². The fourth-order valence-corrected chi connectivity index (χ4v) is 3.99. The molecule has 13 nitrogen and oxygen atoms in total. The van der Waals surface area contributed by atoms with E-state index in [0.717, 1.165) is 12.1 Å². The summed E-state index contributed by atoms with van der Waals surface area (Å²) in [6.07, 6.45) is 0. The highest BCUT2D eigenvalue weighted by molar-refractivity contribution is 7.39. The molecule has 1 aromatic heterocycles. The summed E-state index contributed by atoms with van der Waals surface area (Å²) in [6.45, 7) is 1.96. The molecule has 0 saturated heterocycles. The zero-order chi connectivity index (χ0) is 32.7. The molecule has 0 aliphatic heterocycles. The lowest BCUT2D eigenvalue weighted by molar-refractivity contribution is 0.0535. The lowest BCUT2D eigenvalue weighted by Crippen LogP contribution is -2.23. The molecule has 0 fully saturated rings. The van der Waals surface area contributed by atoms with Gasteiger partial charge in [0.15, 0.2) is 0 Å². The number of phenolic OH excluding ortho intramolecular Hbond substituents is 1. The van der Waals surface area contributed by atoms with Gasteiger partial charge in [-0.25, -0.2) is 8.78 Å². The van der Waals surface area contributed by atoms with Crippen LogP contribution in [0.2, 0.25) is 0 Å². The number of anilines is 5. The molecule has 0 bridgehead atoms. The largest absolute Gasteiger partial charge is 0.508 e. The summed E-state index contributed by atoms with van der Waals surface area (Å²) >= 11 is 0. The van der Waals surface area contributed by atoms with Gasteiger partial charge in [-0.1, -0.05) is 6.07 Å². The van der Waals surface area contributed by atoms with Crippen molar-refractivity contribution < 1.29 is 33.0 Å². The van der Waals surface area contributed by atoms with Crippen LogP contribution in [0.1, 0.15) is 15.9 Å². The predicted octanol–water partition coefficient (Wildman–Crippen LogP) is 4.30. The number of halogens is 2. The number of ether oxygens (including phenoxy) is 2. The van der Waals surface area contributed by atoms with Crippen LogP contribution < -0.4 is 26.6 Å². The van der Waals surface area contributed by atoms with Gasteiger partial charge in [-0.2, -0.15) is 15.0 Å². The Kier molecular flexibility index (Phi) is 12.9. The molecule has 0 spiro atoms. The Bertz CT molecular complexity index is 1580. The van der Waals surface area contributed by atoms with Crippen molar-refractivity contribution in [2.45, 2.75) is 6.54 Å². The Labute approximate surface area is 265 Å². The molecule has 4 aromatic rings. The first-order chi connectivity index (χ1) is 22.3. The summed E-state index contributed by atoms with van der Waals surface area (Å²) in [6, 6.07) is 16.2. The number of benzene rings is 3. The van der Waals surface area contributed by atoms with Crippen molar-refractivity contribution in [3.05, 3.63) is 89.5 Å². The molecular weight excluding hydrogens is 621 g/mol. The lowest BCUT2D eigenvalue weighted by atomic mass is 10.1. The van der Waals surface area contributed by atoms with Crippen LogP contribution in [0, 0.1) is 11.6 Å². The van der Waals surface area contributed by atoms with Crippen LogP contribution in [0.5, 0.6) is 5.75 Å². The molecule has 6 N–H and O–H groups in total. The fraction of sp³-hybridized carbons (Fsp3) is 0.233. The molecule has 242 valence electrons. The lowest BCUT2D eigenvalue weighted by Gasteiger charge is -2.12. The number of phenols is 1. The maximum Gasteiger partial charge on any atom is 0.251 e. The average Bonchev–Trinajstić information content (AvgIpc) is 3.03. The van der Waals surface area contributed by atoms with Crippen molar-refractivity contribution in [3.8, 4) is 5.75 Å². The van der Waals surface area contributed by atoms with Gasteiger partial charge in [0.25, 0.3) is 5.91 Å². The van der Waals surface area contributed by atoms with Crippen LogP contribution in [-0.4, -0.2) is 71.1 Å². The Balaban J connectivity index is 1.34. The molecule has 0 aliphatic carbocycles. The number of carbonyl (C=O) groups is 2. The Morgan fingerprint density at radius 1 is 0.717 bits per heavy atom. The summed E-state index contributed by atoms with van der Waals surface area (Å²) in [7, 11) is 2.03. The third-order valence-electron chi connectivity index (χ3n) is 6.10. The summed E-state index contributed by atoms with van der Waals surface area (Å²) in [5.74, 6) is -1.20. The molecule has 4 rings (SSSR count). The Morgan fingerprint density at radius 3 is 1.85 bits per heavy atom. The Hall–Kier alpha value is -4.98. The number of amides is 2. The number of rotatable bonds is 17. The maximum absolute atomic E-state index is 13.9. The molecule has 0 radical (unpaired) electrons. The van der Waals surface area contributed by atoms with Gasteiger partial charge in [0.05, 0.1) is 26.4 Å². The van der Waals surface area contributed by atoms with Crippen LogP contribution in [0.25, 0.3) is 0 Å². The monoisotopic (exact) mass is 654 g/mol. The predicted molar refractivity (Wildman–Crippen MR) is 172 cm³/mol. The molecule has 3 aromatic carbocycles. The zero-order valence-corrected chi connectivity index (χ0v) is 25.7. The molecule has 16 heteroatoms. The number of hydrogen-bond donors (Lipinski definition) is 6. The molecule has 1 unspecified atom stereocenters. The van der Waals surface area contributed by atoms with Crippen molar-refractivity contribution in [2.24, 2.45) is 0 Å². The number of nitrogens with zero attached hydrogens (tertiary/aromatic N) is 3. The second-order valence-electron chi connectivity index (χ2n) is 9.51. The summed E-state index contributed by atoms with van der Waals surface area (Å²) in [4.78, 5) is 36.6. The highest BCUT2D eigenvalue weighted by atomic mass is 31.0. The minimum Gasteiger partial charge on any atom is -0.508 e. The average molecular weight is 655 g/mol. The SMILES string of the molecule is O=C(P)NCCOCCOCCNc1nc(Nc2ccc(O)cc2)nc(Nc2ccc(C(=O)NCc3c(F)cccc3F)cc2)n1. The van der Waals surface area contributed by atoms with Gasteiger partial charge in [-0.15, -0.1) is 0 Å². The zero-order valence-electron chi connectivity index (χ0n) is 24.6. The number of hydrogen-bond acceptors (Lipinski definition) is 11. The van der Waals surface area contributed by atoms with Gasteiger partial charge < -0.3 is 41.2 Å². The first kappa shape index (κ1) is 33.9. The first-order valence-electron chi connectivity index (χ1n) is 14.1. The highest BCUT2D eigenvalue weighted by Crippen LogP contribution is 2.21. The normalized spacial score (nSPS) is 10.7. The molecule has 1 heterocycles. The van der Waals surface area contributed by atoms with E-state index < -0.39 is 17.5 Å². The van der Waals surface area contributed by atoms with Gasteiger partial charge >= 0.3 is 0 Å². The number of aromatic nitrogens is 3. The second-order valence-corrected chi connectivity index (χ2v) is 10.0. The second kappa shape index (κ2) is 17.5. The van der Waals surface area contributed by atoms with E-state index in [4.69, 9.17) is 9.47 Å². The minimum absolute atomic E-state index is 0.111. The van der Waals surface area contributed by atoms with E-state index in [-0.39, 0.29) is 46.9 Å². The number of aromatic hydroxyl groups is 1. The van der Waals surface area contributed by atoms with Gasteiger partial charge in [-0.3, -0.25) is 9.59 Å². The molecule has 0 aliphatic rings. The van der Waals surface area contributed by atoms with Crippen molar-refractivity contribution >= 4 is 50.0 Å². The van der Waals surface area contributed by atoms with Gasteiger partial charge in [0, 0.05) is 42.1 Å². The van der Waals surface area contributed by atoms with E-state index in [1.54, 1.807) is 36.4 Å². The van der Waals surface area contributed by atoms with Gasteiger partial charge in [0.1, 0.15) is 17.4 Å². The molecule has 1 atom stereocenters. The third-order valence-corrected chi connectivity index (χ3v) is 6.30. The quantitative estimate of drug-likeness (QED) is 0.0545. The van der Waals surface area contributed by atoms with E-state index in [0.29, 0.717) is 50.9 Å². The van der Waals surface area contributed by atoms with E-state index in [1.807, 2.05) is 9.24 Å². The first-order valence-corrected chi connectivity index (χ1v) is 14.7. The smallest absolute Gasteiger partial charge is 0.251 e. The highest BCUT2D eigenvalue weighted by Gasteiger charge is 2.12. The van der Waals surface area contributed by atoms with Crippen LogP contribution in [0.3, 0.4) is 0 Å². The fourth-order valence-electron chi connectivity index (χ4n) is 3.85. The third kappa shape index (κ3) is 11.2. The molecule has 0 saturated carbocycles. The van der Waals surface area contributed by atoms with Gasteiger partial charge in [0.2, 0.25) is 23.5 Å². The summed E-state index contributed by atoms with van der Waals surface area (Å²) < 4.78 is 38.7. The van der Waals surface area contributed by atoms with E-state index in [9.17, 15) is 23.5 Å². The summed E-state index contributed by atoms with van der Waals surface area (Å²) in [5.41, 5.74) is 1.06. The van der Waals surface area contributed by atoms with Gasteiger partial charge in [-0.05, 0) is 69.9 Å². The molecular formula is C30H33F2N8O5P. The van der Waals surface area contributed by atoms with Crippen molar-refractivity contribution in [3.63, 3.8) is 0 Å². The van der Waals surface area contributed by atoms with E-state index in [2.05, 4.69) is 41.5 Å². The number of nitrogens with one attached hydrogen (secondary N) is 5. The summed E-state index contributed by atoms with van der Waals surface area (Å²) in [5, 5.41) is 23.9. The molecule has 46 heavy (non-hydrogen) atoms. The number of carbonyl (C=O) groups excluding carboxylic acids is 2. The van der Waals surface area contributed by atoms with Crippen LogP contribution in [-0.2, 0) is 16.0 Å². The minimum atomic E-state index is -0.738. The topological polar surface area (TPSA) is 172 Å². The standard InChI is InChI=1S/C30H33F2N8O5P/c31-24-2-1-3-25(32)23(24)18-35-26(42)19-4-6-20(7-5-19)36-28-38-27(33-12-14-44-16-17-45-15-13-34-30(43)46)39-29(40-28)37-21-8-10-22(41)11-9-21/h1-11,41H,12-18,46H2,(H,34,43)(H,35,42)(H3,33,36,37,38,39,40). The van der Waals surface area contributed by atoms with Crippen molar-refractivity contribution in [1.82, 2.24) is 25.6 Å².